The van der Waals surface area contributed by atoms with Gasteiger partial charge in [-0.3, -0.25) is 0 Å². The minimum atomic E-state index is -1.13. The van der Waals surface area contributed by atoms with Gasteiger partial charge in [0.2, 0.25) is 0 Å². The molecule has 0 amide bonds. The highest BCUT2D eigenvalue weighted by molar-refractivity contribution is 7.98. The molecular formula is C15H13FO3S. The number of halogens is 1. The number of hydrogen-bond acceptors (Lipinski definition) is 3. The Kier molecular flexibility index (Phi) is 4.63. The van der Waals surface area contributed by atoms with Crippen LogP contribution >= 0.6 is 11.8 Å². The van der Waals surface area contributed by atoms with E-state index in [1.54, 1.807) is 7.11 Å². The predicted octanol–water partition coefficient (Wildman–Crippen LogP) is 3.82. The van der Waals surface area contributed by atoms with Crippen molar-refractivity contribution in [3.05, 3.63) is 59.4 Å². The maximum Gasteiger partial charge on any atom is 0.335 e. The molecule has 2 aromatic rings. The molecule has 0 unspecified atom stereocenters. The summed E-state index contributed by atoms with van der Waals surface area (Å²) in [6, 6.07) is 11.4. The zero-order valence-corrected chi connectivity index (χ0v) is 11.6. The lowest BCUT2D eigenvalue weighted by atomic mass is 10.2. The summed E-state index contributed by atoms with van der Waals surface area (Å²) in [5.41, 5.74) is 1.01. The first-order valence-electron chi connectivity index (χ1n) is 5.88. The van der Waals surface area contributed by atoms with Crippen LogP contribution in [-0.2, 0) is 5.75 Å². The van der Waals surface area contributed by atoms with E-state index in [4.69, 9.17) is 9.84 Å². The SMILES string of the molecule is COc1ccc(CSc2cc(F)cc(C(=O)O)c2)cc1. The lowest BCUT2D eigenvalue weighted by molar-refractivity contribution is 0.0696. The molecule has 20 heavy (non-hydrogen) atoms. The van der Waals surface area contributed by atoms with E-state index < -0.39 is 11.8 Å². The van der Waals surface area contributed by atoms with E-state index in [0.29, 0.717) is 10.6 Å². The fraction of sp³-hybridized carbons (Fsp3) is 0.133. The Morgan fingerprint density at radius 3 is 2.55 bits per heavy atom. The van der Waals surface area contributed by atoms with E-state index in [0.717, 1.165) is 17.4 Å². The largest absolute Gasteiger partial charge is 0.497 e. The summed E-state index contributed by atoms with van der Waals surface area (Å²) >= 11 is 1.39. The molecule has 0 aliphatic rings. The van der Waals surface area contributed by atoms with Crippen LogP contribution in [0.1, 0.15) is 15.9 Å². The Bertz CT molecular complexity index is 611. The first kappa shape index (κ1) is 14.4. The molecule has 104 valence electrons. The Morgan fingerprint density at radius 2 is 1.95 bits per heavy atom. The first-order valence-corrected chi connectivity index (χ1v) is 6.86. The van der Waals surface area contributed by atoms with Gasteiger partial charge < -0.3 is 9.84 Å². The number of methoxy groups -OCH3 is 1. The second-order valence-electron chi connectivity index (χ2n) is 4.12. The summed E-state index contributed by atoms with van der Waals surface area (Å²) in [6.45, 7) is 0. The molecule has 0 aliphatic heterocycles. The Hall–Kier alpha value is -2.01. The predicted molar refractivity (Wildman–Crippen MR) is 75.9 cm³/mol. The molecule has 0 bridgehead atoms. The molecular weight excluding hydrogens is 279 g/mol. The summed E-state index contributed by atoms with van der Waals surface area (Å²) in [7, 11) is 1.60. The van der Waals surface area contributed by atoms with E-state index in [-0.39, 0.29) is 5.56 Å². The van der Waals surface area contributed by atoms with E-state index in [1.165, 1.54) is 23.9 Å². The monoisotopic (exact) mass is 292 g/mol. The number of benzene rings is 2. The van der Waals surface area contributed by atoms with Crippen LogP contribution in [0.5, 0.6) is 5.75 Å². The summed E-state index contributed by atoms with van der Waals surface area (Å²) < 4.78 is 18.4. The quantitative estimate of drug-likeness (QED) is 0.851. The molecule has 2 rings (SSSR count). The molecule has 2 aromatic carbocycles. The van der Waals surface area contributed by atoms with E-state index in [2.05, 4.69) is 0 Å². The van der Waals surface area contributed by atoms with Crippen molar-refractivity contribution in [2.24, 2.45) is 0 Å². The van der Waals surface area contributed by atoms with E-state index in [9.17, 15) is 9.18 Å². The number of carboxylic acids is 1. The highest BCUT2D eigenvalue weighted by atomic mass is 32.2. The molecule has 0 aliphatic carbocycles. The average Bonchev–Trinajstić information content (AvgIpc) is 2.45. The maximum atomic E-state index is 13.3. The van der Waals surface area contributed by atoms with Gasteiger partial charge in [0, 0.05) is 10.6 Å². The first-order chi connectivity index (χ1) is 9.58. The van der Waals surface area contributed by atoms with Crippen LogP contribution in [0.15, 0.2) is 47.4 Å². The van der Waals surface area contributed by atoms with Crippen molar-refractivity contribution < 1.29 is 19.0 Å². The second kappa shape index (κ2) is 6.43. The number of thioether (sulfide) groups is 1. The lowest BCUT2D eigenvalue weighted by Gasteiger charge is -2.05. The van der Waals surface area contributed by atoms with Gasteiger partial charge in [0.05, 0.1) is 12.7 Å². The van der Waals surface area contributed by atoms with Gasteiger partial charge in [-0.25, -0.2) is 9.18 Å². The van der Waals surface area contributed by atoms with Crippen LogP contribution < -0.4 is 4.74 Å². The highest BCUT2D eigenvalue weighted by Crippen LogP contribution is 2.25. The lowest BCUT2D eigenvalue weighted by Crippen LogP contribution is -1.97. The smallest absolute Gasteiger partial charge is 0.335 e. The average molecular weight is 292 g/mol. The molecule has 3 nitrogen and oxygen atoms in total. The number of aromatic carboxylic acids is 1. The van der Waals surface area contributed by atoms with E-state index >= 15 is 0 Å². The van der Waals surface area contributed by atoms with Crippen molar-refractivity contribution in [1.82, 2.24) is 0 Å². The molecule has 0 aromatic heterocycles. The van der Waals surface area contributed by atoms with Crippen LogP contribution in [0, 0.1) is 5.82 Å². The maximum absolute atomic E-state index is 13.3. The zero-order valence-electron chi connectivity index (χ0n) is 10.8. The van der Waals surface area contributed by atoms with Crippen LogP contribution in [0.25, 0.3) is 0 Å². The van der Waals surface area contributed by atoms with Crippen LogP contribution in [-0.4, -0.2) is 18.2 Å². The number of carboxylic acid groups (broad SMARTS) is 1. The Balaban J connectivity index is 2.08. The second-order valence-corrected chi connectivity index (χ2v) is 5.17. The van der Waals surface area contributed by atoms with Gasteiger partial charge in [-0.2, -0.15) is 0 Å². The van der Waals surface area contributed by atoms with Gasteiger partial charge in [0.25, 0.3) is 0 Å². The van der Waals surface area contributed by atoms with Gasteiger partial charge in [-0.15, -0.1) is 11.8 Å². The minimum Gasteiger partial charge on any atom is -0.497 e. The van der Waals surface area contributed by atoms with Crippen LogP contribution in [0.2, 0.25) is 0 Å². The van der Waals surface area contributed by atoms with Crippen molar-refractivity contribution in [1.29, 1.82) is 0 Å². The summed E-state index contributed by atoms with van der Waals surface area (Å²) in [5.74, 6) is -0.262. The summed E-state index contributed by atoms with van der Waals surface area (Å²) in [6.07, 6.45) is 0. The number of carbonyl (C=O) groups is 1. The molecule has 0 heterocycles. The molecule has 0 spiro atoms. The topological polar surface area (TPSA) is 46.5 Å². The minimum absolute atomic E-state index is 0.0396. The number of ether oxygens (including phenoxy) is 1. The van der Waals surface area contributed by atoms with Crippen LogP contribution in [0.3, 0.4) is 0 Å². The third-order valence-electron chi connectivity index (χ3n) is 2.68. The summed E-state index contributed by atoms with van der Waals surface area (Å²) in [4.78, 5) is 11.5. The van der Waals surface area contributed by atoms with Crippen molar-refractivity contribution >= 4 is 17.7 Å². The van der Waals surface area contributed by atoms with Crippen molar-refractivity contribution in [2.75, 3.05) is 7.11 Å². The normalized spacial score (nSPS) is 10.3. The molecule has 5 heteroatoms. The van der Waals surface area contributed by atoms with E-state index in [1.807, 2.05) is 24.3 Å². The third-order valence-corrected chi connectivity index (χ3v) is 3.73. The van der Waals surface area contributed by atoms with Crippen molar-refractivity contribution in [3.63, 3.8) is 0 Å². The van der Waals surface area contributed by atoms with Gasteiger partial charge in [-0.1, -0.05) is 12.1 Å². The molecule has 0 saturated carbocycles. The molecule has 0 fully saturated rings. The van der Waals surface area contributed by atoms with Crippen LogP contribution in [0.4, 0.5) is 4.39 Å². The zero-order chi connectivity index (χ0) is 14.5. The van der Waals surface area contributed by atoms with Gasteiger partial charge in [0.15, 0.2) is 0 Å². The number of hydrogen-bond donors (Lipinski definition) is 1. The van der Waals surface area contributed by atoms with Crippen molar-refractivity contribution in [3.8, 4) is 5.75 Å². The fourth-order valence-corrected chi connectivity index (χ4v) is 2.59. The molecule has 0 radical (unpaired) electrons. The molecule has 0 saturated heterocycles. The fourth-order valence-electron chi connectivity index (χ4n) is 1.66. The van der Waals surface area contributed by atoms with Gasteiger partial charge >= 0.3 is 5.97 Å². The Labute approximate surface area is 120 Å². The molecule has 0 atom stereocenters. The van der Waals surface area contributed by atoms with Gasteiger partial charge in [-0.05, 0) is 35.9 Å². The van der Waals surface area contributed by atoms with Gasteiger partial charge in [0.1, 0.15) is 11.6 Å². The molecule has 1 N–H and O–H groups in total. The summed E-state index contributed by atoms with van der Waals surface area (Å²) in [5, 5.41) is 8.89. The van der Waals surface area contributed by atoms with Crippen molar-refractivity contribution in [2.45, 2.75) is 10.6 Å². The Morgan fingerprint density at radius 1 is 1.25 bits per heavy atom. The number of rotatable bonds is 5. The third kappa shape index (κ3) is 3.74. The standard InChI is InChI=1S/C15H13FO3S/c1-19-13-4-2-10(3-5-13)9-20-14-7-11(15(17)18)6-12(16)8-14/h2-8H,9H2,1H3,(H,17,18). The highest BCUT2D eigenvalue weighted by Gasteiger charge is 2.07.